The number of rotatable bonds is 4. The Balaban J connectivity index is 1.43. The average molecular weight is 368 g/mol. The van der Waals surface area contributed by atoms with Crippen molar-refractivity contribution >= 4 is 33.4 Å². The standard InChI is InChI=1S/C19H18F2N6/c1-11-14-7-13(23-18-17-15(24-25-18)3-2-6-22-17)4-5-16(14)27(26-11)10-12-8-19(20,21)9-12/h2-7,12H,8-10H2,1H3,(H2,23,24,25). The van der Waals surface area contributed by atoms with Gasteiger partial charge in [0.2, 0.25) is 5.92 Å². The molecule has 0 bridgehead atoms. The summed E-state index contributed by atoms with van der Waals surface area (Å²) in [5.41, 5.74) is 4.35. The van der Waals surface area contributed by atoms with Crippen LogP contribution in [0.3, 0.4) is 0 Å². The van der Waals surface area contributed by atoms with E-state index in [-0.39, 0.29) is 18.8 Å². The molecule has 8 heteroatoms. The molecule has 0 aliphatic heterocycles. The number of aryl methyl sites for hydroxylation is 1. The molecule has 5 rings (SSSR count). The SMILES string of the molecule is Cc1nn(CC2CC(F)(F)C2)c2ccc(Nc3n[nH]c4cccnc34)cc12. The monoisotopic (exact) mass is 368 g/mol. The minimum atomic E-state index is -2.50. The molecule has 3 aromatic heterocycles. The van der Waals surface area contributed by atoms with Gasteiger partial charge in [0.05, 0.1) is 16.7 Å². The average Bonchev–Trinajstić information content (AvgIpc) is 3.15. The molecule has 138 valence electrons. The Hall–Kier alpha value is -3.03. The summed E-state index contributed by atoms with van der Waals surface area (Å²) < 4.78 is 28.1. The van der Waals surface area contributed by atoms with Crippen LogP contribution < -0.4 is 5.32 Å². The maximum absolute atomic E-state index is 13.1. The van der Waals surface area contributed by atoms with E-state index in [0.29, 0.717) is 12.4 Å². The Labute approximate surface area is 153 Å². The third kappa shape index (κ3) is 2.81. The summed E-state index contributed by atoms with van der Waals surface area (Å²) in [5.74, 6) is -1.85. The molecule has 0 saturated heterocycles. The highest BCUT2D eigenvalue weighted by Gasteiger charge is 2.45. The number of benzene rings is 1. The maximum atomic E-state index is 13.1. The summed E-state index contributed by atoms with van der Waals surface area (Å²) in [5, 5.41) is 16.1. The lowest BCUT2D eigenvalue weighted by molar-refractivity contribution is -0.114. The highest BCUT2D eigenvalue weighted by Crippen LogP contribution is 2.43. The van der Waals surface area contributed by atoms with Gasteiger partial charge in [0.25, 0.3) is 0 Å². The number of pyridine rings is 1. The number of H-pyrrole nitrogens is 1. The molecule has 1 fully saturated rings. The van der Waals surface area contributed by atoms with Crippen LogP contribution in [0.15, 0.2) is 36.5 Å². The van der Waals surface area contributed by atoms with Crippen LogP contribution in [0.2, 0.25) is 0 Å². The van der Waals surface area contributed by atoms with E-state index in [1.54, 1.807) is 6.20 Å². The number of aromatic amines is 1. The fraction of sp³-hybridized carbons (Fsp3) is 0.316. The topological polar surface area (TPSA) is 71.4 Å². The third-order valence-corrected chi connectivity index (χ3v) is 5.12. The minimum absolute atomic E-state index is 0.0122. The first kappa shape index (κ1) is 16.2. The van der Waals surface area contributed by atoms with Crippen molar-refractivity contribution in [2.45, 2.75) is 32.2 Å². The summed E-state index contributed by atoms with van der Waals surface area (Å²) in [4.78, 5) is 4.35. The molecule has 1 saturated carbocycles. The van der Waals surface area contributed by atoms with E-state index in [1.165, 1.54) is 0 Å². The van der Waals surface area contributed by atoms with Gasteiger partial charge in [-0.3, -0.25) is 14.8 Å². The fourth-order valence-corrected chi connectivity index (χ4v) is 3.79. The summed E-state index contributed by atoms with van der Waals surface area (Å²) in [6.45, 7) is 2.46. The Morgan fingerprint density at radius 2 is 2.15 bits per heavy atom. The minimum Gasteiger partial charge on any atom is -0.337 e. The van der Waals surface area contributed by atoms with Crippen molar-refractivity contribution in [3.8, 4) is 0 Å². The first-order valence-corrected chi connectivity index (χ1v) is 8.90. The van der Waals surface area contributed by atoms with Crippen molar-refractivity contribution in [2.75, 3.05) is 5.32 Å². The number of aromatic nitrogens is 5. The molecule has 2 N–H and O–H groups in total. The second kappa shape index (κ2) is 5.73. The lowest BCUT2D eigenvalue weighted by atomic mass is 9.81. The lowest BCUT2D eigenvalue weighted by Crippen LogP contribution is -2.37. The first-order valence-electron chi connectivity index (χ1n) is 8.90. The van der Waals surface area contributed by atoms with Crippen molar-refractivity contribution in [3.63, 3.8) is 0 Å². The Morgan fingerprint density at radius 1 is 1.30 bits per heavy atom. The Kier molecular flexibility index (Phi) is 3.43. The van der Waals surface area contributed by atoms with Crippen LogP contribution in [-0.2, 0) is 6.54 Å². The van der Waals surface area contributed by atoms with Gasteiger partial charge in [0, 0.05) is 36.7 Å². The number of alkyl halides is 2. The number of nitrogens with one attached hydrogen (secondary N) is 2. The van der Waals surface area contributed by atoms with E-state index in [0.717, 1.165) is 33.3 Å². The summed E-state index contributed by atoms with van der Waals surface area (Å²) in [6.07, 6.45) is 1.63. The number of nitrogens with zero attached hydrogens (tertiary/aromatic N) is 4. The molecule has 1 aliphatic carbocycles. The maximum Gasteiger partial charge on any atom is 0.248 e. The molecular weight excluding hydrogens is 350 g/mol. The zero-order chi connectivity index (χ0) is 18.6. The normalized spacial score (nSPS) is 16.7. The Bertz CT molecular complexity index is 1140. The van der Waals surface area contributed by atoms with Crippen LogP contribution in [0.25, 0.3) is 21.9 Å². The number of halogens is 2. The zero-order valence-electron chi connectivity index (χ0n) is 14.7. The lowest BCUT2D eigenvalue weighted by Gasteiger charge is -2.34. The van der Waals surface area contributed by atoms with Gasteiger partial charge in [-0.1, -0.05) is 0 Å². The highest BCUT2D eigenvalue weighted by atomic mass is 19.3. The van der Waals surface area contributed by atoms with Gasteiger partial charge in [-0.25, -0.2) is 8.78 Å². The van der Waals surface area contributed by atoms with E-state index in [2.05, 4.69) is 25.6 Å². The van der Waals surface area contributed by atoms with Crippen LogP contribution in [-0.4, -0.2) is 30.9 Å². The summed E-state index contributed by atoms with van der Waals surface area (Å²) in [6, 6.07) is 9.69. The van der Waals surface area contributed by atoms with Gasteiger partial charge in [-0.15, -0.1) is 0 Å². The quantitative estimate of drug-likeness (QED) is 0.560. The number of anilines is 2. The second-order valence-electron chi connectivity index (χ2n) is 7.23. The molecule has 0 unspecified atom stereocenters. The van der Waals surface area contributed by atoms with Crippen LogP contribution >= 0.6 is 0 Å². The van der Waals surface area contributed by atoms with Gasteiger partial charge < -0.3 is 5.32 Å². The van der Waals surface area contributed by atoms with Crippen molar-refractivity contribution in [3.05, 3.63) is 42.2 Å². The van der Waals surface area contributed by atoms with Crippen molar-refractivity contribution < 1.29 is 8.78 Å². The van der Waals surface area contributed by atoms with Crippen LogP contribution in [0, 0.1) is 12.8 Å². The molecule has 0 radical (unpaired) electrons. The van der Waals surface area contributed by atoms with Crippen LogP contribution in [0.4, 0.5) is 20.3 Å². The molecule has 1 aromatic carbocycles. The van der Waals surface area contributed by atoms with Crippen LogP contribution in [0.1, 0.15) is 18.5 Å². The molecule has 0 amide bonds. The van der Waals surface area contributed by atoms with Gasteiger partial charge >= 0.3 is 0 Å². The third-order valence-electron chi connectivity index (χ3n) is 5.12. The predicted molar refractivity (Wildman–Crippen MR) is 99.3 cm³/mol. The van der Waals surface area contributed by atoms with Crippen molar-refractivity contribution in [1.29, 1.82) is 0 Å². The van der Waals surface area contributed by atoms with Crippen LogP contribution in [0.5, 0.6) is 0 Å². The number of hydrogen-bond donors (Lipinski definition) is 2. The van der Waals surface area contributed by atoms with E-state index in [1.807, 2.05) is 41.9 Å². The molecule has 0 spiro atoms. The predicted octanol–water partition coefficient (Wildman–Crippen LogP) is 4.40. The van der Waals surface area contributed by atoms with Gasteiger partial charge in [-0.2, -0.15) is 10.2 Å². The van der Waals surface area contributed by atoms with E-state index < -0.39 is 5.92 Å². The van der Waals surface area contributed by atoms with E-state index >= 15 is 0 Å². The highest BCUT2D eigenvalue weighted by molar-refractivity contribution is 5.90. The van der Waals surface area contributed by atoms with Crippen molar-refractivity contribution in [2.24, 2.45) is 5.92 Å². The van der Waals surface area contributed by atoms with Crippen molar-refractivity contribution in [1.82, 2.24) is 25.0 Å². The Morgan fingerprint density at radius 3 is 2.96 bits per heavy atom. The summed E-state index contributed by atoms with van der Waals surface area (Å²) >= 11 is 0. The van der Waals surface area contributed by atoms with E-state index in [9.17, 15) is 8.78 Å². The van der Waals surface area contributed by atoms with Gasteiger partial charge in [0.15, 0.2) is 5.82 Å². The molecule has 6 nitrogen and oxygen atoms in total. The largest absolute Gasteiger partial charge is 0.337 e. The molecule has 0 atom stereocenters. The number of fused-ring (bicyclic) bond motifs is 2. The molecule has 3 heterocycles. The summed E-state index contributed by atoms with van der Waals surface area (Å²) in [7, 11) is 0. The molecule has 1 aliphatic rings. The van der Waals surface area contributed by atoms with Gasteiger partial charge in [0.1, 0.15) is 5.52 Å². The smallest absolute Gasteiger partial charge is 0.248 e. The molecule has 27 heavy (non-hydrogen) atoms. The second-order valence-corrected chi connectivity index (χ2v) is 7.23. The fourth-order valence-electron chi connectivity index (χ4n) is 3.79. The van der Waals surface area contributed by atoms with E-state index in [4.69, 9.17) is 0 Å². The first-order chi connectivity index (χ1) is 13.0. The molecular formula is C19H18F2N6. The zero-order valence-corrected chi connectivity index (χ0v) is 14.7. The number of hydrogen-bond acceptors (Lipinski definition) is 4. The van der Waals surface area contributed by atoms with Gasteiger partial charge in [-0.05, 0) is 43.2 Å². The molecule has 4 aromatic rings.